The van der Waals surface area contributed by atoms with Crippen LogP contribution in [-0.4, -0.2) is 93.8 Å². The van der Waals surface area contributed by atoms with Crippen LogP contribution in [0.15, 0.2) is 91.0 Å². The van der Waals surface area contributed by atoms with Crippen LogP contribution in [0, 0.1) is 0 Å². The number of nitrogens with one attached hydrogen (secondary N) is 5. The highest BCUT2D eigenvalue weighted by molar-refractivity contribution is 7.80. The van der Waals surface area contributed by atoms with E-state index in [2.05, 4.69) is 39.2 Å². The monoisotopic (exact) mass is 734 g/mol. The highest BCUT2D eigenvalue weighted by Gasteiger charge is 2.33. The van der Waals surface area contributed by atoms with Crippen molar-refractivity contribution in [1.29, 1.82) is 0 Å². The van der Waals surface area contributed by atoms with Gasteiger partial charge in [-0.1, -0.05) is 91.0 Å². The van der Waals surface area contributed by atoms with Gasteiger partial charge in [-0.3, -0.25) is 24.0 Å². The van der Waals surface area contributed by atoms with Crippen LogP contribution >= 0.6 is 12.6 Å². The Morgan fingerprint density at radius 3 is 1.40 bits per heavy atom. The van der Waals surface area contributed by atoms with Gasteiger partial charge >= 0.3 is 5.97 Å². The molecule has 3 aromatic carbocycles. The molecule has 0 unspecified atom stereocenters. The number of carboxylic acids is 1. The maximum atomic E-state index is 13.7. The average molecular weight is 735 g/mol. The smallest absolute Gasteiger partial charge is 0.327 e. The van der Waals surface area contributed by atoms with Crippen LogP contribution in [-0.2, 0) is 48.0 Å². The predicted octanol–water partition coefficient (Wildman–Crippen LogP) is -0.119. The summed E-state index contributed by atoms with van der Waals surface area (Å²) in [7, 11) is 0. The average Bonchev–Trinajstić information content (AvgIpc) is 3.12. The van der Waals surface area contributed by atoms with Gasteiger partial charge in [-0.05, 0) is 37.0 Å². The zero-order valence-corrected chi connectivity index (χ0v) is 29.8. The molecule has 0 saturated heterocycles. The van der Waals surface area contributed by atoms with Crippen molar-refractivity contribution in [2.24, 2.45) is 5.73 Å². The van der Waals surface area contributed by atoms with Crippen LogP contribution in [0.25, 0.3) is 0 Å². The van der Waals surface area contributed by atoms with Crippen LogP contribution in [0.1, 0.15) is 30.5 Å². The minimum atomic E-state index is -1.47. The third kappa shape index (κ3) is 13.1. The van der Waals surface area contributed by atoms with Crippen molar-refractivity contribution in [3.8, 4) is 0 Å². The highest BCUT2D eigenvalue weighted by Crippen LogP contribution is 2.08. The fourth-order valence-electron chi connectivity index (χ4n) is 5.14. The first-order valence-corrected chi connectivity index (χ1v) is 17.3. The van der Waals surface area contributed by atoms with Crippen LogP contribution < -0.4 is 32.3 Å². The standard InChI is InChI=1S/C37H46N6O8S/c1-22(32(45)40-29(20-26-16-10-5-11-17-26)35(48)42-30(21-52)37(50)51)39-34(47)28(19-25-14-8-4-9-15-25)41-36(49)31(23(2)44)43-33(46)27(38)18-24-12-6-3-7-13-24/h3-17,22-23,27-31,44,52H,18-21,38H2,1-2H3,(H,39,47)(H,40,45)(H,41,49)(H,42,48)(H,43,46)(H,50,51)/t22-,23+,27-,28-,29-,30-,31-/m0/s1. The highest BCUT2D eigenvalue weighted by atomic mass is 32.1. The largest absolute Gasteiger partial charge is 0.480 e. The molecule has 278 valence electrons. The number of carbonyl (C=O) groups is 6. The van der Waals surface area contributed by atoms with Crippen LogP contribution in [0.4, 0.5) is 0 Å². The van der Waals surface area contributed by atoms with E-state index in [-0.39, 0.29) is 25.0 Å². The quantitative estimate of drug-likeness (QED) is 0.0747. The fraction of sp³-hybridized carbons (Fsp3) is 0.351. The Labute approximate surface area is 307 Å². The maximum Gasteiger partial charge on any atom is 0.327 e. The number of amides is 5. The number of aliphatic hydroxyl groups excluding tert-OH is 1. The van der Waals surface area contributed by atoms with E-state index in [4.69, 9.17) is 5.73 Å². The summed E-state index contributed by atoms with van der Waals surface area (Å²) in [5, 5.41) is 32.4. The Morgan fingerprint density at radius 2 is 0.981 bits per heavy atom. The van der Waals surface area contributed by atoms with E-state index in [1.807, 2.05) is 6.07 Å². The molecule has 0 heterocycles. The van der Waals surface area contributed by atoms with E-state index in [0.29, 0.717) is 11.1 Å². The second-order valence-electron chi connectivity index (χ2n) is 12.3. The van der Waals surface area contributed by atoms with Crippen molar-refractivity contribution in [2.45, 2.75) is 75.5 Å². The molecule has 0 bridgehead atoms. The summed E-state index contributed by atoms with van der Waals surface area (Å²) in [6.07, 6.45) is -1.18. The van der Waals surface area contributed by atoms with Gasteiger partial charge < -0.3 is 42.5 Å². The molecule has 3 rings (SSSR count). The van der Waals surface area contributed by atoms with E-state index < -0.39 is 77.9 Å². The number of hydrogen-bond donors (Lipinski definition) is 9. The predicted molar refractivity (Wildman–Crippen MR) is 197 cm³/mol. The molecular formula is C37H46N6O8S. The molecule has 9 N–H and O–H groups in total. The van der Waals surface area contributed by atoms with Gasteiger partial charge in [0.25, 0.3) is 0 Å². The van der Waals surface area contributed by atoms with Gasteiger partial charge in [0, 0.05) is 18.6 Å². The molecule has 0 radical (unpaired) electrons. The molecule has 7 atom stereocenters. The SMILES string of the molecule is C[C@H](NC(=O)[C@H](Cc1ccccc1)NC(=O)[C@@H](NC(=O)[C@@H](N)Cc1ccccc1)[C@@H](C)O)C(=O)N[C@@H](Cc1ccccc1)C(=O)N[C@@H](CS)C(=O)O. The number of rotatable bonds is 19. The van der Waals surface area contributed by atoms with Crippen molar-refractivity contribution in [2.75, 3.05) is 5.75 Å². The first-order valence-electron chi connectivity index (χ1n) is 16.7. The molecule has 0 aliphatic rings. The first-order chi connectivity index (χ1) is 24.8. The van der Waals surface area contributed by atoms with Gasteiger partial charge in [-0.25, -0.2) is 4.79 Å². The second-order valence-corrected chi connectivity index (χ2v) is 12.7. The lowest BCUT2D eigenvalue weighted by Gasteiger charge is -2.27. The zero-order chi connectivity index (χ0) is 38.2. The van der Waals surface area contributed by atoms with E-state index >= 15 is 0 Å². The molecule has 0 fully saturated rings. The minimum Gasteiger partial charge on any atom is -0.480 e. The van der Waals surface area contributed by atoms with Crippen molar-refractivity contribution in [3.05, 3.63) is 108 Å². The normalized spacial score (nSPS) is 14.9. The number of carboxylic acid groups (broad SMARTS) is 1. The molecular weight excluding hydrogens is 689 g/mol. The summed E-state index contributed by atoms with van der Waals surface area (Å²) in [6, 6.07) is 19.0. The van der Waals surface area contributed by atoms with E-state index in [0.717, 1.165) is 5.56 Å². The van der Waals surface area contributed by atoms with Crippen LogP contribution in [0.3, 0.4) is 0 Å². The lowest BCUT2D eigenvalue weighted by atomic mass is 10.0. The number of aliphatic hydroxyl groups is 1. The fourth-order valence-corrected chi connectivity index (χ4v) is 5.39. The molecule has 3 aromatic rings. The molecule has 0 aromatic heterocycles. The Balaban J connectivity index is 1.75. The van der Waals surface area contributed by atoms with Gasteiger partial charge in [0.2, 0.25) is 29.5 Å². The second kappa shape index (κ2) is 20.6. The summed E-state index contributed by atoms with van der Waals surface area (Å²) in [4.78, 5) is 78.2. The number of thiol groups is 1. The Kier molecular flexibility index (Phi) is 16.3. The summed E-state index contributed by atoms with van der Waals surface area (Å²) in [5.41, 5.74) is 8.24. The van der Waals surface area contributed by atoms with Crippen molar-refractivity contribution in [1.82, 2.24) is 26.6 Å². The number of carbonyl (C=O) groups excluding carboxylic acids is 5. The topological polar surface area (TPSA) is 229 Å². The van der Waals surface area contributed by atoms with E-state index in [1.165, 1.54) is 13.8 Å². The summed E-state index contributed by atoms with van der Waals surface area (Å²) < 4.78 is 0. The summed E-state index contributed by atoms with van der Waals surface area (Å²) in [5.74, 6) is -5.31. The van der Waals surface area contributed by atoms with Crippen LogP contribution in [0.2, 0.25) is 0 Å². The Bertz CT molecular complexity index is 1650. The Morgan fingerprint density at radius 1 is 0.577 bits per heavy atom. The van der Waals surface area contributed by atoms with Gasteiger partial charge in [-0.2, -0.15) is 12.6 Å². The maximum absolute atomic E-state index is 13.7. The number of aliphatic carboxylic acids is 1. The van der Waals surface area contributed by atoms with Crippen molar-refractivity contribution < 1.29 is 39.0 Å². The van der Waals surface area contributed by atoms with Crippen molar-refractivity contribution >= 4 is 48.1 Å². The van der Waals surface area contributed by atoms with E-state index in [1.54, 1.807) is 84.9 Å². The third-order valence-corrected chi connectivity index (χ3v) is 8.44. The van der Waals surface area contributed by atoms with Gasteiger partial charge in [0.15, 0.2) is 0 Å². The lowest BCUT2D eigenvalue weighted by molar-refractivity contribution is -0.141. The molecule has 0 aliphatic heterocycles. The van der Waals surface area contributed by atoms with Crippen molar-refractivity contribution in [3.63, 3.8) is 0 Å². The Hall–Kier alpha value is -5.25. The van der Waals surface area contributed by atoms with Crippen LogP contribution in [0.5, 0.6) is 0 Å². The van der Waals surface area contributed by atoms with E-state index in [9.17, 15) is 39.0 Å². The number of hydrogen-bond acceptors (Lipinski definition) is 9. The number of benzene rings is 3. The zero-order valence-electron chi connectivity index (χ0n) is 28.9. The molecule has 0 spiro atoms. The summed E-state index contributed by atoms with van der Waals surface area (Å²) in [6.45, 7) is 2.69. The number of nitrogens with two attached hydrogens (primary N) is 1. The molecule has 15 heteroatoms. The van der Waals surface area contributed by atoms with Gasteiger partial charge in [0.1, 0.15) is 30.2 Å². The molecule has 14 nitrogen and oxygen atoms in total. The lowest BCUT2D eigenvalue weighted by Crippen LogP contribution is -2.61. The molecule has 0 saturated carbocycles. The molecule has 52 heavy (non-hydrogen) atoms. The molecule has 0 aliphatic carbocycles. The van der Waals surface area contributed by atoms with Gasteiger partial charge in [0.05, 0.1) is 12.1 Å². The first kappa shape index (κ1) is 41.2. The third-order valence-electron chi connectivity index (χ3n) is 8.08. The summed E-state index contributed by atoms with van der Waals surface area (Å²) >= 11 is 3.98. The minimum absolute atomic E-state index is 0.0138. The molecule has 5 amide bonds. The van der Waals surface area contributed by atoms with Gasteiger partial charge in [-0.15, -0.1) is 0 Å².